The molecule has 0 saturated carbocycles. The third-order valence-electron chi connectivity index (χ3n) is 4.88. The number of benzene rings is 1. The Kier molecular flexibility index (Phi) is 6.50. The van der Waals surface area contributed by atoms with Gasteiger partial charge in [0, 0.05) is 25.7 Å². The molecule has 0 aliphatic carbocycles. The lowest BCUT2D eigenvalue weighted by molar-refractivity contribution is -0.137. The summed E-state index contributed by atoms with van der Waals surface area (Å²) < 4.78 is 13.0. The lowest BCUT2D eigenvalue weighted by Crippen LogP contribution is -2.40. The molecule has 0 bridgehead atoms. The predicted octanol–water partition coefficient (Wildman–Crippen LogP) is 1.50. The van der Waals surface area contributed by atoms with Crippen molar-refractivity contribution >= 4 is 23.6 Å². The fourth-order valence-electron chi connectivity index (χ4n) is 3.25. The van der Waals surface area contributed by atoms with Gasteiger partial charge in [0.1, 0.15) is 12.4 Å². The van der Waals surface area contributed by atoms with Crippen molar-refractivity contribution in [3.63, 3.8) is 0 Å². The van der Waals surface area contributed by atoms with E-state index in [-0.39, 0.29) is 30.2 Å². The predicted molar refractivity (Wildman–Crippen MR) is 99.7 cm³/mol. The van der Waals surface area contributed by atoms with Crippen LogP contribution in [0.1, 0.15) is 30.9 Å². The maximum atomic E-state index is 13.0. The minimum absolute atomic E-state index is 0.0115. The van der Waals surface area contributed by atoms with Crippen molar-refractivity contribution in [2.24, 2.45) is 0 Å². The number of hydrogen-bond donors (Lipinski definition) is 2. The molecular weight excluding hydrogens is 355 g/mol. The molecule has 2 aliphatic rings. The molecule has 2 N–H and O–H groups in total. The first kappa shape index (κ1) is 19.1. The van der Waals surface area contributed by atoms with Crippen LogP contribution in [0.15, 0.2) is 24.3 Å². The highest BCUT2D eigenvalue weighted by Crippen LogP contribution is 2.24. The van der Waals surface area contributed by atoms with Crippen LogP contribution in [0.25, 0.3) is 0 Å². The molecule has 2 heterocycles. The maximum absolute atomic E-state index is 13.0. The van der Waals surface area contributed by atoms with Crippen molar-refractivity contribution in [3.8, 4) is 0 Å². The second-order valence-corrected chi connectivity index (χ2v) is 7.81. The summed E-state index contributed by atoms with van der Waals surface area (Å²) in [4.78, 5) is 27.1. The fraction of sp³-hybridized carbons (Fsp3) is 0.556. The van der Waals surface area contributed by atoms with Crippen LogP contribution in [0.5, 0.6) is 0 Å². The number of hydrazine groups is 1. The molecule has 6 nitrogen and oxygen atoms in total. The van der Waals surface area contributed by atoms with E-state index in [4.69, 9.17) is 0 Å². The highest BCUT2D eigenvalue weighted by Gasteiger charge is 2.26. The van der Waals surface area contributed by atoms with E-state index in [0.717, 1.165) is 24.8 Å². The van der Waals surface area contributed by atoms with Gasteiger partial charge in [-0.15, -0.1) is 11.8 Å². The van der Waals surface area contributed by atoms with Crippen LogP contribution >= 0.6 is 11.8 Å². The summed E-state index contributed by atoms with van der Waals surface area (Å²) in [5.74, 6) is 0.901. The molecule has 2 unspecified atom stereocenters. The van der Waals surface area contributed by atoms with Crippen LogP contribution in [0, 0.1) is 5.82 Å². The average molecular weight is 380 g/mol. The zero-order valence-electron chi connectivity index (χ0n) is 14.9. The smallest absolute Gasteiger partial charge is 0.241 e. The molecule has 26 heavy (non-hydrogen) atoms. The number of carbonyl (C=O) groups is 2. The zero-order chi connectivity index (χ0) is 18.5. The first-order valence-corrected chi connectivity index (χ1v) is 10.0. The summed E-state index contributed by atoms with van der Waals surface area (Å²) in [6.07, 6.45) is 2.77. The summed E-state index contributed by atoms with van der Waals surface area (Å²) in [5.41, 5.74) is 7.61. The van der Waals surface area contributed by atoms with Gasteiger partial charge in [0.05, 0.1) is 11.6 Å². The molecule has 2 aliphatic heterocycles. The van der Waals surface area contributed by atoms with Crippen molar-refractivity contribution in [3.05, 3.63) is 35.6 Å². The Balaban J connectivity index is 1.36. The van der Waals surface area contributed by atoms with Crippen molar-refractivity contribution in [2.75, 3.05) is 31.8 Å². The number of carbonyl (C=O) groups excluding carboxylic acids is 2. The molecule has 1 aromatic carbocycles. The highest BCUT2D eigenvalue weighted by atomic mass is 32.2. The van der Waals surface area contributed by atoms with Gasteiger partial charge in [0.15, 0.2) is 0 Å². The molecule has 8 heteroatoms. The molecule has 2 atom stereocenters. The number of hydrogen-bond acceptors (Lipinski definition) is 5. The van der Waals surface area contributed by atoms with Gasteiger partial charge in [-0.3, -0.25) is 20.4 Å². The van der Waals surface area contributed by atoms with E-state index in [1.54, 1.807) is 40.7 Å². The van der Waals surface area contributed by atoms with E-state index < -0.39 is 0 Å². The van der Waals surface area contributed by atoms with Gasteiger partial charge < -0.3 is 9.80 Å². The standard InChI is InChI=1S/C18H25FN4O2S/c1-22(17(24)10-23-12-26-11-18(23)25)8-2-3-15-9-16(21-20-15)13-4-6-14(19)7-5-13/h4-7,15-16,20-21H,2-3,8-12H2,1H3. The number of likely N-dealkylation sites (N-methyl/N-ethyl adjacent to an activating group) is 1. The SMILES string of the molecule is CN(CCCC1CC(c2ccc(F)cc2)NN1)C(=O)CN1CSCC1=O. The minimum atomic E-state index is -0.224. The molecule has 3 rings (SSSR count). The number of halogens is 1. The van der Waals surface area contributed by atoms with Crippen LogP contribution in [0.4, 0.5) is 4.39 Å². The molecule has 0 radical (unpaired) electrons. The number of amides is 2. The Labute approximate surface area is 157 Å². The van der Waals surface area contributed by atoms with Gasteiger partial charge in [0.25, 0.3) is 0 Å². The molecule has 2 fully saturated rings. The molecule has 142 valence electrons. The van der Waals surface area contributed by atoms with Crippen LogP contribution in [0.2, 0.25) is 0 Å². The second kappa shape index (κ2) is 8.83. The van der Waals surface area contributed by atoms with Crippen molar-refractivity contribution in [1.82, 2.24) is 20.7 Å². The average Bonchev–Trinajstić information content (AvgIpc) is 3.25. The summed E-state index contributed by atoms with van der Waals surface area (Å²) >= 11 is 1.55. The Hall–Kier alpha value is -1.64. The first-order valence-electron chi connectivity index (χ1n) is 8.89. The molecule has 0 aromatic heterocycles. The van der Waals surface area contributed by atoms with E-state index in [0.29, 0.717) is 24.2 Å². The molecule has 0 spiro atoms. The monoisotopic (exact) mass is 380 g/mol. The highest BCUT2D eigenvalue weighted by molar-refractivity contribution is 8.00. The molecule has 2 saturated heterocycles. The Bertz CT molecular complexity index is 643. The first-order chi connectivity index (χ1) is 12.5. The van der Waals surface area contributed by atoms with Gasteiger partial charge in [-0.2, -0.15) is 0 Å². The van der Waals surface area contributed by atoms with Crippen LogP contribution in [0.3, 0.4) is 0 Å². The van der Waals surface area contributed by atoms with E-state index in [1.807, 2.05) is 0 Å². The third-order valence-corrected chi connectivity index (χ3v) is 5.82. The number of nitrogens with zero attached hydrogens (tertiary/aromatic N) is 2. The Morgan fingerprint density at radius 1 is 1.35 bits per heavy atom. The van der Waals surface area contributed by atoms with Crippen LogP contribution in [-0.4, -0.2) is 59.4 Å². The van der Waals surface area contributed by atoms with Gasteiger partial charge in [-0.25, -0.2) is 4.39 Å². The third kappa shape index (κ3) is 4.96. The Morgan fingerprint density at radius 2 is 2.12 bits per heavy atom. The van der Waals surface area contributed by atoms with Crippen LogP contribution in [-0.2, 0) is 9.59 Å². The minimum Gasteiger partial charge on any atom is -0.344 e. The fourth-order valence-corrected chi connectivity index (χ4v) is 4.15. The summed E-state index contributed by atoms with van der Waals surface area (Å²) in [6.45, 7) is 0.853. The number of nitrogens with one attached hydrogen (secondary N) is 2. The summed E-state index contributed by atoms with van der Waals surface area (Å²) in [7, 11) is 1.79. The topological polar surface area (TPSA) is 64.7 Å². The quantitative estimate of drug-likeness (QED) is 0.751. The summed E-state index contributed by atoms with van der Waals surface area (Å²) in [6, 6.07) is 7.08. The van der Waals surface area contributed by atoms with Gasteiger partial charge >= 0.3 is 0 Å². The lowest BCUT2D eigenvalue weighted by atomic mass is 9.99. The van der Waals surface area contributed by atoms with Crippen molar-refractivity contribution in [2.45, 2.75) is 31.3 Å². The van der Waals surface area contributed by atoms with Gasteiger partial charge in [-0.05, 0) is 37.0 Å². The largest absolute Gasteiger partial charge is 0.344 e. The van der Waals surface area contributed by atoms with E-state index >= 15 is 0 Å². The lowest BCUT2D eigenvalue weighted by Gasteiger charge is -2.21. The normalized spacial score (nSPS) is 22.8. The van der Waals surface area contributed by atoms with Crippen LogP contribution < -0.4 is 10.9 Å². The second-order valence-electron chi connectivity index (χ2n) is 6.85. The van der Waals surface area contributed by atoms with E-state index in [1.165, 1.54) is 12.1 Å². The van der Waals surface area contributed by atoms with E-state index in [2.05, 4.69) is 10.9 Å². The maximum Gasteiger partial charge on any atom is 0.241 e. The molecule has 2 amide bonds. The molecule has 1 aromatic rings. The van der Waals surface area contributed by atoms with Crippen molar-refractivity contribution < 1.29 is 14.0 Å². The number of thioether (sulfide) groups is 1. The van der Waals surface area contributed by atoms with Gasteiger partial charge in [-0.1, -0.05) is 12.1 Å². The summed E-state index contributed by atoms with van der Waals surface area (Å²) in [5, 5.41) is 0. The Morgan fingerprint density at radius 3 is 2.81 bits per heavy atom. The number of rotatable bonds is 7. The zero-order valence-corrected chi connectivity index (χ0v) is 15.7. The van der Waals surface area contributed by atoms with Gasteiger partial charge in [0.2, 0.25) is 11.8 Å². The molecular formula is C18H25FN4O2S. The van der Waals surface area contributed by atoms with E-state index in [9.17, 15) is 14.0 Å². The van der Waals surface area contributed by atoms with Crippen molar-refractivity contribution in [1.29, 1.82) is 0 Å².